The van der Waals surface area contributed by atoms with E-state index in [1.165, 1.54) is 18.3 Å². The first-order valence-electron chi connectivity index (χ1n) is 7.73. The van der Waals surface area contributed by atoms with E-state index in [0.717, 1.165) is 17.7 Å². The lowest BCUT2D eigenvalue weighted by atomic mass is 10.2. The van der Waals surface area contributed by atoms with E-state index in [0.29, 0.717) is 17.3 Å². The van der Waals surface area contributed by atoms with Gasteiger partial charge in [-0.05, 0) is 35.9 Å². The Labute approximate surface area is 153 Å². The molecule has 0 unspecified atom stereocenters. The first-order chi connectivity index (χ1) is 12.5. The largest absolute Gasteiger partial charge is 0.381 e. The van der Waals surface area contributed by atoms with Gasteiger partial charge in [-0.1, -0.05) is 35.9 Å². The molecule has 2 N–H and O–H groups in total. The number of nitrogens with one attached hydrogen (secondary N) is 2. The number of amides is 1. The average molecular weight is 374 g/mol. The van der Waals surface area contributed by atoms with E-state index < -0.39 is 23.2 Å². The van der Waals surface area contributed by atoms with Crippen molar-refractivity contribution in [1.82, 2.24) is 4.98 Å². The summed E-state index contributed by atoms with van der Waals surface area (Å²) in [6.07, 6.45) is 1.43. The quantitative estimate of drug-likeness (QED) is 0.670. The molecular formula is C19H14ClF2N3O. The molecule has 1 amide bonds. The second kappa shape index (κ2) is 7.93. The predicted octanol–water partition coefficient (Wildman–Crippen LogP) is 4.88. The maximum absolute atomic E-state index is 13.7. The Morgan fingerprint density at radius 2 is 1.77 bits per heavy atom. The molecule has 0 aliphatic heterocycles. The minimum absolute atomic E-state index is 0.0248. The fourth-order valence-corrected chi connectivity index (χ4v) is 2.50. The monoisotopic (exact) mass is 373 g/mol. The van der Waals surface area contributed by atoms with Crippen LogP contribution >= 0.6 is 11.6 Å². The van der Waals surface area contributed by atoms with Crippen LogP contribution in [-0.4, -0.2) is 10.9 Å². The molecule has 0 spiro atoms. The Morgan fingerprint density at radius 1 is 1.04 bits per heavy atom. The van der Waals surface area contributed by atoms with Crippen molar-refractivity contribution in [3.63, 3.8) is 0 Å². The molecule has 0 aliphatic carbocycles. The predicted molar refractivity (Wildman–Crippen MR) is 97.3 cm³/mol. The summed E-state index contributed by atoms with van der Waals surface area (Å²) in [7, 11) is 0. The number of carbonyl (C=O) groups is 1. The van der Waals surface area contributed by atoms with Gasteiger partial charge in [0.25, 0.3) is 5.91 Å². The second-order valence-corrected chi connectivity index (χ2v) is 5.83. The molecular weight excluding hydrogens is 360 g/mol. The highest BCUT2D eigenvalue weighted by Gasteiger charge is 2.14. The molecule has 3 aromatic rings. The molecule has 0 bridgehead atoms. The van der Waals surface area contributed by atoms with Crippen molar-refractivity contribution in [3.05, 3.63) is 88.7 Å². The number of benzene rings is 2. The average Bonchev–Trinajstić information content (AvgIpc) is 2.64. The Kier molecular flexibility index (Phi) is 5.43. The third kappa shape index (κ3) is 4.15. The number of halogens is 3. The minimum atomic E-state index is -0.855. The zero-order valence-electron chi connectivity index (χ0n) is 13.5. The zero-order valence-corrected chi connectivity index (χ0v) is 14.2. The van der Waals surface area contributed by atoms with Crippen LogP contribution in [-0.2, 0) is 6.54 Å². The molecule has 0 atom stereocenters. The van der Waals surface area contributed by atoms with E-state index in [1.807, 2.05) is 18.2 Å². The molecule has 1 heterocycles. The first-order valence-corrected chi connectivity index (χ1v) is 8.11. The molecule has 4 nitrogen and oxygen atoms in total. The standard InChI is InChI=1S/C19H14ClF2N3O/c20-14-5-2-1-4-12(14)11-24-13-8-9-23-17(10-13)19(26)25-18-15(21)6-3-7-16(18)22/h1-10H,11H2,(H,23,24)(H,25,26). The molecule has 7 heteroatoms. The summed E-state index contributed by atoms with van der Waals surface area (Å²) >= 11 is 6.10. The van der Waals surface area contributed by atoms with Crippen molar-refractivity contribution in [2.24, 2.45) is 0 Å². The maximum Gasteiger partial charge on any atom is 0.274 e. The maximum atomic E-state index is 13.7. The summed E-state index contributed by atoms with van der Waals surface area (Å²) in [5.74, 6) is -2.42. The Hall–Kier alpha value is -2.99. The lowest BCUT2D eigenvalue weighted by Crippen LogP contribution is -2.16. The third-order valence-electron chi connectivity index (χ3n) is 3.63. The van der Waals surface area contributed by atoms with E-state index in [9.17, 15) is 13.6 Å². The third-order valence-corrected chi connectivity index (χ3v) is 4.00. The fourth-order valence-electron chi connectivity index (χ4n) is 2.30. The molecule has 1 aromatic heterocycles. The number of anilines is 2. The summed E-state index contributed by atoms with van der Waals surface area (Å²) in [4.78, 5) is 16.2. The normalized spacial score (nSPS) is 10.4. The van der Waals surface area contributed by atoms with Gasteiger partial charge in [-0.25, -0.2) is 8.78 Å². The van der Waals surface area contributed by atoms with Gasteiger partial charge >= 0.3 is 0 Å². The molecule has 3 rings (SSSR count). The van der Waals surface area contributed by atoms with Gasteiger partial charge in [0.05, 0.1) is 0 Å². The van der Waals surface area contributed by atoms with E-state index in [4.69, 9.17) is 11.6 Å². The SMILES string of the molecule is O=C(Nc1c(F)cccc1F)c1cc(NCc2ccccc2Cl)ccn1. The van der Waals surface area contributed by atoms with Gasteiger partial charge in [0.15, 0.2) is 0 Å². The van der Waals surface area contributed by atoms with Crippen LogP contribution in [0.15, 0.2) is 60.8 Å². The summed E-state index contributed by atoms with van der Waals surface area (Å²) in [5, 5.41) is 5.96. The van der Waals surface area contributed by atoms with Gasteiger partial charge in [-0.2, -0.15) is 0 Å². The van der Waals surface area contributed by atoms with Crippen LogP contribution in [0.1, 0.15) is 16.1 Å². The fraction of sp³-hybridized carbons (Fsp3) is 0.0526. The van der Waals surface area contributed by atoms with Gasteiger partial charge in [0, 0.05) is 23.5 Å². The van der Waals surface area contributed by atoms with Crippen molar-refractivity contribution in [2.45, 2.75) is 6.54 Å². The van der Waals surface area contributed by atoms with Crippen molar-refractivity contribution in [2.75, 3.05) is 10.6 Å². The number of hydrogen-bond acceptors (Lipinski definition) is 3. The van der Waals surface area contributed by atoms with Gasteiger partial charge in [-0.3, -0.25) is 9.78 Å². The van der Waals surface area contributed by atoms with Crippen LogP contribution in [0.2, 0.25) is 5.02 Å². The first kappa shape index (κ1) is 17.8. The van der Waals surface area contributed by atoms with Gasteiger partial charge in [-0.15, -0.1) is 0 Å². The number of nitrogens with zero attached hydrogens (tertiary/aromatic N) is 1. The highest BCUT2D eigenvalue weighted by molar-refractivity contribution is 6.31. The lowest BCUT2D eigenvalue weighted by molar-refractivity contribution is 0.102. The Balaban J connectivity index is 1.72. The van der Waals surface area contributed by atoms with Gasteiger partial charge in [0.2, 0.25) is 0 Å². The Morgan fingerprint density at radius 3 is 2.50 bits per heavy atom. The van der Waals surface area contributed by atoms with Crippen LogP contribution < -0.4 is 10.6 Å². The summed E-state index contributed by atoms with van der Waals surface area (Å²) in [6.45, 7) is 0.451. The van der Waals surface area contributed by atoms with Crippen molar-refractivity contribution >= 4 is 28.9 Å². The van der Waals surface area contributed by atoms with Gasteiger partial charge < -0.3 is 10.6 Å². The summed E-state index contributed by atoms with van der Waals surface area (Å²) in [5.41, 5.74) is 1.04. The van der Waals surface area contributed by atoms with Crippen LogP contribution in [0.4, 0.5) is 20.2 Å². The van der Waals surface area contributed by atoms with Crippen LogP contribution in [0.3, 0.4) is 0 Å². The van der Waals surface area contributed by atoms with Crippen molar-refractivity contribution in [3.8, 4) is 0 Å². The van der Waals surface area contributed by atoms with E-state index in [1.54, 1.807) is 12.1 Å². The number of para-hydroxylation sites is 1. The van der Waals surface area contributed by atoms with E-state index in [-0.39, 0.29) is 5.69 Å². The van der Waals surface area contributed by atoms with Crippen molar-refractivity contribution < 1.29 is 13.6 Å². The molecule has 0 saturated carbocycles. The van der Waals surface area contributed by atoms with Crippen LogP contribution in [0, 0.1) is 11.6 Å². The lowest BCUT2D eigenvalue weighted by Gasteiger charge is -2.10. The molecule has 132 valence electrons. The second-order valence-electron chi connectivity index (χ2n) is 5.43. The number of carbonyl (C=O) groups excluding carboxylic acids is 1. The number of rotatable bonds is 5. The minimum Gasteiger partial charge on any atom is -0.381 e. The highest BCUT2D eigenvalue weighted by Crippen LogP contribution is 2.20. The zero-order chi connectivity index (χ0) is 18.5. The summed E-state index contributed by atoms with van der Waals surface area (Å²) < 4.78 is 27.3. The van der Waals surface area contributed by atoms with Crippen molar-refractivity contribution in [1.29, 1.82) is 0 Å². The topological polar surface area (TPSA) is 54.0 Å². The number of pyridine rings is 1. The molecule has 26 heavy (non-hydrogen) atoms. The molecule has 2 aromatic carbocycles. The smallest absolute Gasteiger partial charge is 0.274 e. The highest BCUT2D eigenvalue weighted by atomic mass is 35.5. The molecule has 0 radical (unpaired) electrons. The van der Waals surface area contributed by atoms with E-state index >= 15 is 0 Å². The van der Waals surface area contributed by atoms with Gasteiger partial charge in [0.1, 0.15) is 23.0 Å². The van der Waals surface area contributed by atoms with Crippen LogP contribution in [0.25, 0.3) is 0 Å². The number of hydrogen-bond donors (Lipinski definition) is 2. The van der Waals surface area contributed by atoms with Crippen LogP contribution in [0.5, 0.6) is 0 Å². The molecule has 0 saturated heterocycles. The Bertz CT molecular complexity index is 929. The van der Waals surface area contributed by atoms with E-state index in [2.05, 4.69) is 15.6 Å². The summed E-state index contributed by atoms with van der Waals surface area (Å²) in [6, 6.07) is 13.9. The molecule has 0 fully saturated rings. The number of aromatic nitrogens is 1. The molecule has 0 aliphatic rings.